The molecule has 1 aromatic rings. The molecule has 128 valence electrons. The van der Waals surface area contributed by atoms with Crippen molar-refractivity contribution >= 4 is 11.9 Å². The van der Waals surface area contributed by atoms with Crippen LogP contribution in [0.25, 0.3) is 0 Å². The van der Waals surface area contributed by atoms with Crippen LogP contribution in [0.15, 0.2) is 4.52 Å². The molecule has 1 unspecified atom stereocenters. The van der Waals surface area contributed by atoms with Crippen molar-refractivity contribution in [2.45, 2.75) is 70.8 Å². The van der Waals surface area contributed by atoms with Crippen LogP contribution < -0.4 is 5.32 Å². The molecular formula is C16H25N3O4. The minimum absolute atomic E-state index is 0.170. The molecule has 7 heteroatoms. The number of nitrogens with zero attached hydrogens (tertiary/aromatic N) is 2. The summed E-state index contributed by atoms with van der Waals surface area (Å²) in [6, 6.07) is -0.772. The number of carboxylic acid groups (broad SMARTS) is 1. The van der Waals surface area contributed by atoms with Crippen LogP contribution >= 0.6 is 0 Å². The minimum atomic E-state index is -0.961. The Bertz CT molecular complexity index is 558. The van der Waals surface area contributed by atoms with E-state index in [1.807, 2.05) is 20.8 Å². The highest BCUT2D eigenvalue weighted by Crippen LogP contribution is 2.33. The molecule has 0 radical (unpaired) electrons. The van der Waals surface area contributed by atoms with Gasteiger partial charge < -0.3 is 14.9 Å². The maximum atomic E-state index is 11.9. The first-order valence-electron chi connectivity index (χ1n) is 8.11. The first kappa shape index (κ1) is 17.4. The van der Waals surface area contributed by atoms with E-state index in [1.54, 1.807) is 0 Å². The van der Waals surface area contributed by atoms with Gasteiger partial charge in [-0.25, -0.2) is 4.79 Å². The molecule has 23 heavy (non-hydrogen) atoms. The maximum absolute atomic E-state index is 11.9. The van der Waals surface area contributed by atoms with Gasteiger partial charge in [0.25, 0.3) is 0 Å². The summed E-state index contributed by atoms with van der Waals surface area (Å²) in [5, 5.41) is 15.7. The van der Waals surface area contributed by atoms with Crippen LogP contribution in [0, 0.1) is 5.92 Å². The second-order valence-corrected chi connectivity index (χ2v) is 7.25. The first-order chi connectivity index (χ1) is 10.8. The Morgan fingerprint density at radius 2 is 2.09 bits per heavy atom. The number of rotatable bonds is 8. The van der Waals surface area contributed by atoms with Gasteiger partial charge in [0.05, 0.1) is 0 Å². The minimum Gasteiger partial charge on any atom is -0.480 e. The molecule has 0 saturated heterocycles. The van der Waals surface area contributed by atoms with Gasteiger partial charge in [-0.05, 0) is 18.8 Å². The maximum Gasteiger partial charge on any atom is 0.326 e. The molecule has 2 N–H and O–H groups in total. The summed E-state index contributed by atoms with van der Waals surface area (Å²) in [5.41, 5.74) is -0.170. The Balaban J connectivity index is 1.73. The van der Waals surface area contributed by atoms with Crippen molar-refractivity contribution in [3.63, 3.8) is 0 Å². The molecule has 1 amide bonds. The van der Waals surface area contributed by atoms with Crippen molar-refractivity contribution < 1.29 is 19.2 Å². The molecule has 1 atom stereocenters. The number of aliphatic carboxylic acids is 1. The molecule has 1 fully saturated rings. The molecule has 1 aliphatic carbocycles. The topological polar surface area (TPSA) is 105 Å². The third kappa shape index (κ3) is 5.65. The number of aromatic nitrogens is 2. The largest absolute Gasteiger partial charge is 0.480 e. The van der Waals surface area contributed by atoms with E-state index in [0.717, 1.165) is 12.8 Å². The van der Waals surface area contributed by atoms with Gasteiger partial charge in [-0.3, -0.25) is 4.79 Å². The lowest BCUT2D eigenvalue weighted by Crippen LogP contribution is -2.41. The molecule has 0 aliphatic heterocycles. The quantitative estimate of drug-likeness (QED) is 0.758. The van der Waals surface area contributed by atoms with Gasteiger partial charge in [-0.2, -0.15) is 4.98 Å². The fourth-order valence-electron chi connectivity index (χ4n) is 2.24. The summed E-state index contributed by atoms with van der Waals surface area (Å²) in [6.45, 7) is 6.00. The third-order valence-electron chi connectivity index (χ3n) is 3.83. The van der Waals surface area contributed by atoms with Crippen molar-refractivity contribution in [1.29, 1.82) is 0 Å². The zero-order valence-electron chi connectivity index (χ0n) is 14.0. The summed E-state index contributed by atoms with van der Waals surface area (Å²) < 4.78 is 5.17. The number of nitrogens with one attached hydrogen (secondary N) is 1. The van der Waals surface area contributed by atoms with Gasteiger partial charge in [0.2, 0.25) is 11.8 Å². The van der Waals surface area contributed by atoms with Crippen LogP contribution in [0.4, 0.5) is 0 Å². The lowest BCUT2D eigenvalue weighted by atomic mass is 9.96. The molecule has 2 rings (SSSR count). The fourth-order valence-corrected chi connectivity index (χ4v) is 2.24. The monoisotopic (exact) mass is 323 g/mol. The summed E-state index contributed by atoms with van der Waals surface area (Å²) in [4.78, 5) is 27.3. The fraction of sp³-hybridized carbons (Fsp3) is 0.750. The Hall–Kier alpha value is -1.92. The number of carbonyl (C=O) groups is 2. The molecule has 1 aliphatic rings. The normalized spacial score (nSPS) is 16.1. The van der Waals surface area contributed by atoms with Crippen LogP contribution in [0.5, 0.6) is 0 Å². The van der Waals surface area contributed by atoms with Gasteiger partial charge in [0.15, 0.2) is 5.82 Å². The van der Waals surface area contributed by atoms with Crippen LogP contribution in [0.1, 0.15) is 64.6 Å². The van der Waals surface area contributed by atoms with Gasteiger partial charge in [-0.15, -0.1) is 0 Å². The second kappa shape index (κ2) is 7.10. The van der Waals surface area contributed by atoms with E-state index in [2.05, 4.69) is 15.5 Å². The second-order valence-electron chi connectivity index (χ2n) is 7.25. The summed E-state index contributed by atoms with van der Waals surface area (Å²) in [7, 11) is 0. The van der Waals surface area contributed by atoms with Crippen molar-refractivity contribution in [3.8, 4) is 0 Å². The van der Waals surface area contributed by atoms with E-state index in [-0.39, 0.29) is 17.7 Å². The Kier molecular flexibility index (Phi) is 5.38. The number of hydrogen-bond acceptors (Lipinski definition) is 5. The number of carboxylic acids is 1. The average Bonchev–Trinajstić information content (AvgIpc) is 3.11. The number of hydrogen-bond donors (Lipinski definition) is 2. The van der Waals surface area contributed by atoms with E-state index < -0.39 is 12.0 Å². The number of carbonyl (C=O) groups excluding carboxylic acids is 1. The van der Waals surface area contributed by atoms with Gasteiger partial charge in [0, 0.05) is 18.3 Å². The average molecular weight is 323 g/mol. The SMILES string of the molecule is CC(C)(C)c1noc(CCCC(=O)NC(CC2CC2)C(=O)O)n1. The van der Waals surface area contributed by atoms with Crippen molar-refractivity contribution in [2.75, 3.05) is 0 Å². The molecule has 1 saturated carbocycles. The van der Waals surface area contributed by atoms with E-state index >= 15 is 0 Å². The smallest absolute Gasteiger partial charge is 0.326 e. The number of aryl methyl sites for hydroxylation is 1. The van der Waals surface area contributed by atoms with E-state index in [9.17, 15) is 9.59 Å². The standard InChI is InChI=1S/C16H25N3O4/c1-16(2,3)15-18-13(23-19-15)6-4-5-12(20)17-11(14(21)22)9-10-7-8-10/h10-11H,4-9H2,1-3H3,(H,17,20)(H,21,22). The Labute approximate surface area is 135 Å². The van der Waals surface area contributed by atoms with E-state index in [4.69, 9.17) is 9.63 Å². The Morgan fingerprint density at radius 1 is 1.39 bits per heavy atom. The van der Waals surface area contributed by atoms with Crippen molar-refractivity contribution in [2.24, 2.45) is 5.92 Å². The predicted molar refractivity (Wildman–Crippen MR) is 82.8 cm³/mol. The molecule has 1 aromatic heterocycles. The third-order valence-corrected chi connectivity index (χ3v) is 3.83. The highest BCUT2D eigenvalue weighted by atomic mass is 16.5. The molecule has 7 nitrogen and oxygen atoms in total. The zero-order chi connectivity index (χ0) is 17.0. The van der Waals surface area contributed by atoms with Crippen molar-refractivity contribution in [1.82, 2.24) is 15.5 Å². The first-order valence-corrected chi connectivity index (χ1v) is 8.11. The lowest BCUT2D eigenvalue weighted by molar-refractivity contribution is -0.142. The number of amides is 1. The molecule has 1 heterocycles. The highest BCUT2D eigenvalue weighted by Gasteiger charge is 2.30. The van der Waals surface area contributed by atoms with Crippen LogP contribution in [0.3, 0.4) is 0 Å². The molecule has 0 aromatic carbocycles. The molecule has 0 bridgehead atoms. The van der Waals surface area contributed by atoms with Gasteiger partial charge in [-0.1, -0.05) is 38.8 Å². The van der Waals surface area contributed by atoms with E-state index in [1.165, 1.54) is 0 Å². The van der Waals surface area contributed by atoms with Crippen molar-refractivity contribution in [3.05, 3.63) is 11.7 Å². The summed E-state index contributed by atoms with van der Waals surface area (Å²) in [5.74, 6) is 0.402. The van der Waals surface area contributed by atoms with Crippen LogP contribution in [-0.4, -0.2) is 33.2 Å². The molecule has 0 spiro atoms. The lowest BCUT2D eigenvalue weighted by Gasteiger charge is -2.13. The van der Waals surface area contributed by atoms with Gasteiger partial charge >= 0.3 is 5.97 Å². The van der Waals surface area contributed by atoms with E-state index in [0.29, 0.717) is 36.9 Å². The summed E-state index contributed by atoms with van der Waals surface area (Å²) >= 11 is 0. The van der Waals surface area contributed by atoms with Crippen LogP contribution in [0.2, 0.25) is 0 Å². The van der Waals surface area contributed by atoms with Crippen LogP contribution in [-0.2, 0) is 21.4 Å². The zero-order valence-corrected chi connectivity index (χ0v) is 14.0. The van der Waals surface area contributed by atoms with Gasteiger partial charge in [0.1, 0.15) is 6.04 Å². The Morgan fingerprint density at radius 3 is 2.61 bits per heavy atom. The molecular weight excluding hydrogens is 298 g/mol. The highest BCUT2D eigenvalue weighted by molar-refractivity contribution is 5.83. The predicted octanol–water partition coefficient (Wildman–Crippen LogP) is 2.06. The summed E-state index contributed by atoms with van der Waals surface area (Å²) in [6.07, 6.45) is 3.96.